The van der Waals surface area contributed by atoms with E-state index >= 15 is 0 Å². The highest BCUT2D eigenvalue weighted by molar-refractivity contribution is 8.18. The van der Waals surface area contributed by atoms with Crippen molar-refractivity contribution >= 4 is 45.7 Å². The van der Waals surface area contributed by atoms with Crippen LogP contribution in [0.1, 0.15) is 24.1 Å². The van der Waals surface area contributed by atoms with Gasteiger partial charge in [0.05, 0.1) is 16.3 Å². The summed E-state index contributed by atoms with van der Waals surface area (Å²) in [5.74, 6) is 0.815. The van der Waals surface area contributed by atoms with E-state index in [4.69, 9.17) is 4.98 Å². The minimum atomic E-state index is -0.384. The van der Waals surface area contributed by atoms with Crippen LogP contribution in [0.5, 0.6) is 0 Å². The van der Waals surface area contributed by atoms with Gasteiger partial charge in [0, 0.05) is 55.4 Å². The zero-order valence-corrected chi connectivity index (χ0v) is 22.0. The minimum absolute atomic E-state index is 0.350. The van der Waals surface area contributed by atoms with Crippen molar-refractivity contribution in [3.05, 3.63) is 83.4 Å². The number of pyridine rings is 2. The molecular weight excluding hydrogens is 510 g/mol. The van der Waals surface area contributed by atoms with Crippen LogP contribution in [0.4, 0.5) is 10.7 Å². The minimum Gasteiger partial charge on any atom is -0.341 e. The molecule has 5 heterocycles. The van der Waals surface area contributed by atoms with Gasteiger partial charge in [0.25, 0.3) is 11.1 Å². The second-order valence-electron chi connectivity index (χ2n) is 9.61. The predicted molar refractivity (Wildman–Crippen MR) is 153 cm³/mol. The van der Waals surface area contributed by atoms with Crippen molar-refractivity contribution in [2.45, 2.75) is 19.4 Å². The van der Waals surface area contributed by atoms with Crippen molar-refractivity contribution < 1.29 is 9.59 Å². The van der Waals surface area contributed by atoms with Crippen molar-refractivity contribution in [3.63, 3.8) is 0 Å². The molecule has 9 nitrogen and oxygen atoms in total. The van der Waals surface area contributed by atoms with Gasteiger partial charge >= 0.3 is 0 Å². The number of aromatic nitrogens is 4. The number of hydrogen-bond donors (Lipinski definition) is 2. The Morgan fingerprint density at radius 3 is 2.74 bits per heavy atom. The highest BCUT2D eigenvalue weighted by Crippen LogP contribution is 2.29. The molecule has 0 bridgehead atoms. The van der Waals surface area contributed by atoms with Gasteiger partial charge in [-0.15, -0.1) is 0 Å². The van der Waals surface area contributed by atoms with E-state index in [1.165, 1.54) is 0 Å². The van der Waals surface area contributed by atoms with Gasteiger partial charge in [0.1, 0.15) is 0 Å². The Balaban J connectivity index is 1.05. The van der Waals surface area contributed by atoms with Crippen LogP contribution < -0.4 is 15.5 Å². The molecule has 10 heteroatoms. The number of nitrogens with zero attached hydrogens (tertiary/aromatic N) is 5. The maximum atomic E-state index is 11.8. The molecule has 2 fully saturated rings. The lowest BCUT2D eigenvalue weighted by atomic mass is 9.96. The number of carbonyl (C=O) groups is 2. The fraction of sp³-hybridized carbons (Fsp3) is 0.241. The summed E-state index contributed by atoms with van der Waals surface area (Å²) in [6, 6.07) is 14.1. The van der Waals surface area contributed by atoms with Crippen LogP contribution in [-0.2, 0) is 11.3 Å². The van der Waals surface area contributed by atoms with Crippen LogP contribution >= 0.6 is 11.8 Å². The number of fused-ring (bicyclic) bond motifs is 1. The Bertz CT molecular complexity index is 1560. The van der Waals surface area contributed by atoms with Crippen LogP contribution in [0.3, 0.4) is 0 Å². The van der Waals surface area contributed by atoms with E-state index in [-0.39, 0.29) is 11.1 Å². The third-order valence-corrected chi connectivity index (χ3v) is 7.86. The molecular formula is C29H27N7O2S. The molecule has 0 saturated carbocycles. The lowest BCUT2D eigenvalue weighted by Crippen LogP contribution is -2.38. The fourth-order valence-corrected chi connectivity index (χ4v) is 5.69. The van der Waals surface area contributed by atoms with Crippen LogP contribution in [0.25, 0.3) is 28.1 Å². The van der Waals surface area contributed by atoms with Gasteiger partial charge in [-0.3, -0.25) is 24.9 Å². The van der Waals surface area contributed by atoms with Crippen molar-refractivity contribution in [2.75, 3.05) is 24.5 Å². The first-order valence-electron chi connectivity index (χ1n) is 12.9. The number of benzene rings is 1. The van der Waals surface area contributed by atoms with E-state index < -0.39 is 0 Å². The Labute approximate surface area is 230 Å². The molecule has 0 atom stereocenters. The summed E-state index contributed by atoms with van der Waals surface area (Å²) in [7, 11) is 0. The molecule has 2 aliphatic heterocycles. The monoisotopic (exact) mass is 537 g/mol. The van der Waals surface area contributed by atoms with Crippen LogP contribution in [0.15, 0.2) is 72.2 Å². The first-order valence-corrected chi connectivity index (χ1v) is 13.8. The molecule has 3 aromatic heterocycles. The molecule has 39 heavy (non-hydrogen) atoms. The predicted octanol–water partition coefficient (Wildman–Crippen LogP) is 4.42. The standard InChI is InChI=1S/C29H27N7O2S/c37-27-25(39-29(38)35-27)14-22-7-11-33-28(34-22)36-12-8-19(9-13-36)15-30-17-21-5-3-10-32-26(21)24-18-31-16-20-4-1-2-6-23(20)24/h1-7,10-11,14,16,18-19,30H,8-9,12-13,15,17H2,(H,35,37,38). The summed E-state index contributed by atoms with van der Waals surface area (Å²) >= 11 is 0.890. The quantitative estimate of drug-likeness (QED) is 0.331. The molecule has 196 valence electrons. The van der Waals surface area contributed by atoms with Crippen molar-refractivity contribution in [2.24, 2.45) is 5.92 Å². The number of imide groups is 1. The molecule has 2 aliphatic rings. The third-order valence-electron chi connectivity index (χ3n) is 7.05. The Morgan fingerprint density at radius 1 is 1.03 bits per heavy atom. The number of rotatable bonds is 7. The summed E-state index contributed by atoms with van der Waals surface area (Å²) in [5, 5.41) is 7.82. The zero-order chi connectivity index (χ0) is 26.6. The number of nitrogens with one attached hydrogen (secondary N) is 2. The van der Waals surface area contributed by atoms with Crippen LogP contribution in [-0.4, -0.2) is 50.7 Å². The first kappa shape index (κ1) is 25.1. The van der Waals surface area contributed by atoms with Gasteiger partial charge < -0.3 is 10.2 Å². The Morgan fingerprint density at radius 2 is 1.90 bits per heavy atom. The molecule has 2 saturated heterocycles. The highest BCUT2D eigenvalue weighted by atomic mass is 32.2. The summed E-state index contributed by atoms with van der Waals surface area (Å²) in [6.45, 7) is 3.38. The lowest BCUT2D eigenvalue weighted by molar-refractivity contribution is -0.115. The topological polar surface area (TPSA) is 113 Å². The lowest BCUT2D eigenvalue weighted by Gasteiger charge is -2.32. The molecule has 2 amide bonds. The van der Waals surface area contributed by atoms with Crippen molar-refractivity contribution in [1.82, 2.24) is 30.6 Å². The molecule has 0 radical (unpaired) electrons. The zero-order valence-electron chi connectivity index (χ0n) is 21.2. The van der Waals surface area contributed by atoms with E-state index in [1.807, 2.05) is 36.8 Å². The van der Waals surface area contributed by atoms with E-state index in [0.717, 1.165) is 78.4 Å². The largest absolute Gasteiger partial charge is 0.341 e. The van der Waals surface area contributed by atoms with E-state index in [9.17, 15) is 9.59 Å². The number of amides is 2. The second kappa shape index (κ2) is 11.3. The van der Waals surface area contributed by atoms with Gasteiger partial charge in [-0.05, 0) is 66.2 Å². The molecule has 0 aliphatic carbocycles. The van der Waals surface area contributed by atoms with E-state index in [2.05, 4.69) is 48.7 Å². The second-order valence-corrected chi connectivity index (χ2v) is 10.6. The van der Waals surface area contributed by atoms with Gasteiger partial charge in [-0.2, -0.15) is 0 Å². The average Bonchev–Trinajstić information content (AvgIpc) is 3.29. The maximum absolute atomic E-state index is 11.8. The number of anilines is 1. The molecule has 6 rings (SSSR count). The average molecular weight is 538 g/mol. The van der Waals surface area contributed by atoms with Crippen molar-refractivity contribution in [1.29, 1.82) is 0 Å². The van der Waals surface area contributed by atoms with Crippen LogP contribution in [0, 0.1) is 5.92 Å². The molecule has 4 aromatic rings. The normalized spacial score (nSPS) is 17.2. The molecule has 0 spiro atoms. The smallest absolute Gasteiger partial charge is 0.290 e. The summed E-state index contributed by atoms with van der Waals surface area (Å²) < 4.78 is 0. The third kappa shape index (κ3) is 5.67. The summed E-state index contributed by atoms with van der Waals surface area (Å²) in [4.78, 5) is 44.0. The SMILES string of the molecule is O=C1NC(=O)C(=Cc2ccnc(N3CCC(CNCc4cccnc4-c4cncc5ccccc45)CC3)n2)S1. The Kier molecular flexibility index (Phi) is 7.29. The van der Waals surface area contributed by atoms with E-state index in [0.29, 0.717) is 22.5 Å². The Hall–Kier alpha value is -4.15. The van der Waals surface area contributed by atoms with Gasteiger partial charge in [-0.1, -0.05) is 30.3 Å². The van der Waals surface area contributed by atoms with E-state index in [1.54, 1.807) is 18.3 Å². The summed E-state index contributed by atoms with van der Waals surface area (Å²) in [6.07, 6.45) is 11.0. The number of piperidine rings is 1. The van der Waals surface area contributed by atoms with Gasteiger partial charge in [-0.25, -0.2) is 9.97 Å². The molecule has 1 aromatic carbocycles. The molecule has 2 N–H and O–H groups in total. The number of carbonyl (C=O) groups excluding carboxylic acids is 2. The first-order chi connectivity index (χ1) is 19.1. The van der Waals surface area contributed by atoms with Crippen LogP contribution in [0.2, 0.25) is 0 Å². The number of thioether (sulfide) groups is 1. The van der Waals surface area contributed by atoms with Gasteiger partial charge in [0.15, 0.2) is 0 Å². The molecule has 0 unspecified atom stereocenters. The summed E-state index contributed by atoms with van der Waals surface area (Å²) in [5.41, 5.74) is 3.79. The van der Waals surface area contributed by atoms with Crippen molar-refractivity contribution in [3.8, 4) is 11.3 Å². The van der Waals surface area contributed by atoms with Gasteiger partial charge in [0.2, 0.25) is 5.95 Å². The maximum Gasteiger partial charge on any atom is 0.290 e. The highest BCUT2D eigenvalue weighted by Gasteiger charge is 2.26. The number of hydrogen-bond acceptors (Lipinski definition) is 9. The fourth-order valence-electron chi connectivity index (χ4n) is 5.03.